The van der Waals surface area contributed by atoms with Crippen LogP contribution in [-0.2, 0) is 22.6 Å². The lowest BCUT2D eigenvalue weighted by Crippen LogP contribution is -2.46. The van der Waals surface area contributed by atoms with E-state index in [1.807, 2.05) is 0 Å². The van der Waals surface area contributed by atoms with Crippen LogP contribution in [0.5, 0.6) is 5.75 Å². The van der Waals surface area contributed by atoms with Crippen LogP contribution in [0.3, 0.4) is 0 Å². The van der Waals surface area contributed by atoms with Gasteiger partial charge in [-0.15, -0.1) is 9.53 Å². The van der Waals surface area contributed by atoms with E-state index in [0.717, 1.165) is 5.56 Å². The van der Waals surface area contributed by atoms with Crippen LogP contribution in [0.1, 0.15) is 21.5 Å². The van der Waals surface area contributed by atoms with Gasteiger partial charge in [-0.25, -0.2) is 4.39 Å². The molecule has 0 spiro atoms. The molecule has 0 unspecified atom stereocenters. The van der Waals surface area contributed by atoms with Crippen LogP contribution in [0.4, 0.5) is 10.1 Å². The number of aromatic nitrogens is 1. The number of fused-ring (bicyclic) bond motifs is 2. The highest BCUT2D eigenvalue weighted by atomic mass is 32.3. The summed E-state index contributed by atoms with van der Waals surface area (Å²) in [6.45, 7) is 0.337. The molecule has 0 fully saturated rings. The van der Waals surface area contributed by atoms with Crippen molar-refractivity contribution in [3.63, 3.8) is 0 Å². The number of nitrogens with zero attached hydrogens (tertiary/aromatic N) is 3. The molecule has 2 N–H and O–H groups in total. The van der Waals surface area contributed by atoms with Crippen LogP contribution in [-0.4, -0.2) is 49.2 Å². The van der Waals surface area contributed by atoms with Crippen molar-refractivity contribution in [3.05, 3.63) is 65.1 Å². The number of hydrogen-bond acceptors (Lipinski definition) is 4. The molecule has 7 nitrogen and oxygen atoms in total. The summed E-state index contributed by atoms with van der Waals surface area (Å²) >= 11 is 0. The van der Waals surface area contributed by atoms with Crippen LogP contribution in [0.15, 0.2) is 42.6 Å². The second kappa shape index (κ2) is 6.48. The highest BCUT2D eigenvalue weighted by Gasteiger charge is 2.38. The second-order valence-electron chi connectivity index (χ2n) is 7.94. The normalized spacial score (nSPS) is 15.2. The van der Waals surface area contributed by atoms with Crippen molar-refractivity contribution < 1.29 is 23.1 Å². The summed E-state index contributed by atoms with van der Waals surface area (Å²) in [7, 11) is -2.72. The largest absolute Gasteiger partial charge is 0.505 e. The Kier molecular flexibility index (Phi) is 4.37. The molecule has 0 saturated heterocycles. The maximum Gasteiger partial charge on any atom is 0.258 e. The van der Waals surface area contributed by atoms with Crippen LogP contribution in [0.25, 0.3) is 10.9 Å². The summed E-state index contributed by atoms with van der Waals surface area (Å²) in [6, 6.07) is 9.17. The molecule has 158 valence electrons. The summed E-state index contributed by atoms with van der Waals surface area (Å²) in [6.07, 6.45) is 3.94. The van der Waals surface area contributed by atoms with Crippen LogP contribution < -0.4 is 4.31 Å². The minimum Gasteiger partial charge on any atom is -0.505 e. The molecule has 0 bridgehead atoms. The predicted octanol–water partition coefficient (Wildman–Crippen LogP) is 3.14. The minimum atomic E-state index is -4.21. The van der Waals surface area contributed by atoms with E-state index >= 15 is 0 Å². The van der Waals surface area contributed by atoms with Crippen molar-refractivity contribution in [3.8, 4) is 5.75 Å². The van der Waals surface area contributed by atoms with Gasteiger partial charge >= 0.3 is 0 Å². The van der Waals surface area contributed by atoms with E-state index in [1.54, 1.807) is 24.3 Å². The first kappa shape index (κ1) is 20.2. The molecule has 1 aliphatic heterocycles. The van der Waals surface area contributed by atoms with Crippen molar-refractivity contribution >= 4 is 32.0 Å². The van der Waals surface area contributed by atoms with Gasteiger partial charge in [-0.1, -0.05) is 12.1 Å². The Balaban J connectivity index is 1.89. The summed E-state index contributed by atoms with van der Waals surface area (Å²) in [5, 5.41) is 11.3. The zero-order chi connectivity index (χ0) is 21.9. The van der Waals surface area contributed by atoms with Crippen molar-refractivity contribution in [1.82, 2.24) is 9.88 Å². The molecule has 0 aliphatic carbocycles. The van der Waals surface area contributed by atoms with Crippen LogP contribution in [0, 0.1) is 5.82 Å². The van der Waals surface area contributed by atoms with Crippen molar-refractivity contribution in [2.24, 2.45) is 0 Å². The quantitative estimate of drug-likeness (QED) is 0.662. The Morgan fingerprint density at radius 3 is 2.53 bits per heavy atom. The fourth-order valence-corrected chi connectivity index (χ4v) is 4.42. The Bertz CT molecular complexity index is 1240. The smallest absolute Gasteiger partial charge is 0.258 e. The SMILES string of the molecule is CN(c1c2c(c(O)c3ncccc13)C(=O)N(Cc1ccc(F)cc1)C2)S(C)(C)(=O)O. The van der Waals surface area contributed by atoms with Gasteiger partial charge in [0, 0.05) is 49.8 Å². The van der Waals surface area contributed by atoms with E-state index in [0.29, 0.717) is 16.6 Å². The molecule has 9 heteroatoms. The van der Waals surface area contributed by atoms with Crippen molar-refractivity contribution in [2.45, 2.75) is 13.1 Å². The van der Waals surface area contributed by atoms with Crippen LogP contribution >= 0.6 is 0 Å². The lowest BCUT2D eigenvalue weighted by molar-refractivity contribution is 0.0764. The average Bonchev–Trinajstić information content (AvgIpc) is 2.99. The molecule has 2 aromatic carbocycles. The molecule has 0 atom stereocenters. The third kappa shape index (κ3) is 3.29. The molecule has 1 amide bonds. The molecule has 1 aromatic heterocycles. The summed E-state index contributed by atoms with van der Waals surface area (Å²) in [5.41, 5.74) is 1.82. The summed E-state index contributed by atoms with van der Waals surface area (Å²) in [4.78, 5) is 18.9. The van der Waals surface area contributed by atoms with Crippen molar-refractivity contribution in [1.29, 1.82) is 0 Å². The zero-order valence-corrected chi connectivity index (χ0v) is 17.6. The van der Waals surface area contributed by atoms with E-state index in [1.165, 1.54) is 47.1 Å². The number of aromatic hydroxyl groups is 1. The standard InChI is InChI=1S/C21H22FN3O4S/c1-24(30(2,3,28)29)19-15-5-4-10-23-18(15)20(26)17-16(19)12-25(21(17)27)11-13-6-8-14(22)9-7-13/h4-10,26H,11-12H2,1-3H3,(H,28,29). The molecule has 3 aromatic rings. The molecular formula is C21H22FN3O4S. The molecular weight excluding hydrogens is 409 g/mol. The Hall–Kier alpha value is -3.04. The number of benzene rings is 2. The van der Waals surface area contributed by atoms with E-state index in [-0.39, 0.29) is 35.7 Å². The van der Waals surface area contributed by atoms with Gasteiger partial charge in [-0.2, -0.15) is 4.21 Å². The minimum absolute atomic E-state index is 0.0710. The highest BCUT2D eigenvalue weighted by molar-refractivity contribution is 8.15. The van der Waals surface area contributed by atoms with E-state index in [4.69, 9.17) is 0 Å². The zero-order valence-electron chi connectivity index (χ0n) is 16.8. The number of pyridine rings is 1. The summed E-state index contributed by atoms with van der Waals surface area (Å²) < 4.78 is 38.1. The van der Waals surface area contributed by atoms with E-state index < -0.39 is 15.4 Å². The van der Waals surface area contributed by atoms with Gasteiger partial charge in [0.2, 0.25) is 0 Å². The Morgan fingerprint density at radius 2 is 1.90 bits per heavy atom. The van der Waals surface area contributed by atoms with Gasteiger partial charge < -0.3 is 10.0 Å². The number of anilines is 1. The lowest BCUT2D eigenvalue weighted by Gasteiger charge is -2.45. The molecule has 0 radical (unpaired) electrons. The average molecular weight is 431 g/mol. The summed E-state index contributed by atoms with van der Waals surface area (Å²) in [5.74, 6) is -1.04. The monoisotopic (exact) mass is 431 g/mol. The van der Waals surface area contributed by atoms with Gasteiger partial charge in [-0.3, -0.25) is 18.6 Å². The highest BCUT2D eigenvalue weighted by Crippen LogP contribution is 2.46. The number of phenols is 1. The lowest BCUT2D eigenvalue weighted by atomic mass is 10.0. The van der Waals surface area contributed by atoms with Gasteiger partial charge in [0.25, 0.3) is 5.91 Å². The first-order chi connectivity index (χ1) is 13.9. The molecule has 30 heavy (non-hydrogen) atoms. The third-order valence-electron chi connectivity index (χ3n) is 5.35. The number of amides is 1. The maximum atomic E-state index is 13.2. The van der Waals surface area contributed by atoms with Gasteiger partial charge in [0.15, 0.2) is 5.75 Å². The van der Waals surface area contributed by atoms with E-state index in [9.17, 15) is 23.1 Å². The number of halogens is 1. The topological polar surface area (TPSA) is 94.0 Å². The maximum absolute atomic E-state index is 13.2. The Labute approximate surface area is 173 Å². The van der Waals surface area contributed by atoms with Crippen LogP contribution in [0.2, 0.25) is 0 Å². The molecule has 2 heterocycles. The molecule has 0 saturated carbocycles. The number of hydrogen-bond donors (Lipinski definition) is 2. The predicted molar refractivity (Wildman–Crippen MR) is 114 cm³/mol. The Morgan fingerprint density at radius 1 is 1.23 bits per heavy atom. The number of carbonyl (C=O) groups is 1. The number of phenolic OH excluding ortho intramolecular Hbond substituents is 1. The second-order valence-corrected chi connectivity index (χ2v) is 11.9. The van der Waals surface area contributed by atoms with Gasteiger partial charge in [0.1, 0.15) is 11.3 Å². The first-order valence-corrected chi connectivity index (χ1v) is 11.9. The first-order valence-electron chi connectivity index (χ1n) is 9.21. The van der Waals surface area contributed by atoms with Crippen molar-refractivity contribution in [2.75, 3.05) is 23.9 Å². The fraction of sp³-hybridized carbons (Fsp3) is 0.238. The molecule has 4 rings (SSSR count). The number of carbonyl (C=O) groups excluding carboxylic acids is 1. The third-order valence-corrected chi connectivity index (χ3v) is 7.09. The molecule has 1 aliphatic rings. The van der Waals surface area contributed by atoms with E-state index in [2.05, 4.69) is 4.98 Å². The number of rotatable bonds is 4. The van der Waals surface area contributed by atoms with Gasteiger partial charge in [0.05, 0.1) is 11.3 Å². The van der Waals surface area contributed by atoms with Gasteiger partial charge in [-0.05, 0) is 29.8 Å². The fourth-order valence-electron chi connectivity index (χ4n) is 3.69.